The summed E-state index contributed by atoms with van der Waals surface area (Å²) in [6, 6.07) is 9.89. The number of carboxylic acid groups (broad SMARTS) is 1. The van der Waals surface area contributed by atoms with Crippen LogP contribution in [0, 0.1) is 5.92 Å². The first-order valence-corrected chi connectivity index (χ1v) is 7.71. The van der Waals surface area contributed by atoms with Crippen molar-refractivity contribution < 1.29 is 14.7 Å². The van der Waals surface area contributed by atoms with Crippen molar-refractivity contribution in [2.24, 2.45) is 5.92 Å². The molecule has 0 unspecified atom stereocenters. The van der Waals surface area contributed by atoms with Gasteiger partial charge in [0.1, 0.15) is 0 Å². The quantitative estimate of drug-likeness (QED) is 0.839. The van der Waals surface area contributed by atoms with E-state index in [9.17, 15) is 9.59 Å². The van der Waals surface area contributed by atoms with E-state index in [-0.39, 0.29) is 18.2 Å². The fourth-order valence-corrected chi connectivity index (χ4v) is 2.92. The number of carbonyl (C=O) groups excluding carboxylic acids is 1. The van der Waals surface area contributed by atoms with E-state index in [4.69, 9.17) is 5.11 Å². The van der Waals surface area contributed by atoms with E-state index >= 15 is 0 Å². The van der Waals surface area contributed by atoms with Crippen molar-refractivity contribution in [2.45, 2.75) is 45.1 Å². The molecular formula is C17H23NO3. The molecule has 1 aliphatic carbocycles. The highest BCUT2D eigenvalue weighted by molar-refractivity contribution is 5.79. The van der Waals surface area contributed by atoms with Gasteiger partial charge in [0, 0.05) is 25.4 Å². The summed E-state index contributed by atoms with van der Waals surface area (Å²) in [4.78, 5) is 25.1. The molecule has 0 saturated heterocycles. The van der Waals surface area contributed by atoms with Gasteiger partial charge in [-0.1, -0.05) is 43.2 Å². The van der Waals surface area contributed by atoms with Gasteiger partial charge in [0.2, 0.25) is 5.91 Å². The van der Waals surface area contributed by atoms with Crippen LogP contribution in [-0.4, -0.2) is 28.4 Å². The molecule has 1 amide bonds. The van der Waals surface area contributed by atoms with Crippen LogP contribution in [0.25, 0.3) is 0 Å². The van der Waals surface area contributed by atoms with Crippen molar-refractivity contribution in [2.75, 3.05) is 6.54 Å². The van der Waals surface area contributed by atoms with Crippen molar-refractivity contribution in [3.63, 3.8) is 0 Å². The van der Waals surface area contributed by atoms with Gasteiger partial charge >= 0.3 is 5.97 Å². The lowest BCUT2D eigenvalue weighted by Gasteiger charge is -2.25. The second kappa shape index (κ2) is 7.81. The van der Waals surface area contributed by atoms with Gasteiger partial charge in [0.15, 0.2) is 0 Å². The first-order chi connectivity index (χ1) is 10.2. The van der Waals surface area contributed by atoms with Gasteiger partial charge in [-0.15, -0.1) is 0 Å². The maximum Gasteiger partial charge on any atom is 0.303 e. The normalized spacial score (nSPS) is 15.0. The Labute approximate surface area is 125 Å². The third kappa shape index (κ3) is 4.88. The molecule has 4 heteroatoms. The Morgan fingerprint density at radius 1 is 1.14 bits per heavy atom. The van der Waals surface area contributed by atoms with E-state index in [1.165, 1.54) is 0 Å². The Morgan fingerprint density at radius 2 is 1.81 bits per heavy atom. The molecule has 21 heavy (non-hydrogen) atoms. The predicted molar refractivity (Wildman–Crippen MR) is 80.7 cm³/mol. The van der Waals surface area contributed by atoms with Gasteiger partial charge in [0.25, 0.3) is 0 Å². The van der Waals surface area contributed by atoms with Crippen LogP contribution < -0.4 is 0 Å². The van der Waals surface area contributed by atoms with Crippen molar-refractivity contribution >= 4 is 11.9 Å². The number of nitrogens with zero attached hydrogens (tertiary/aromatic N) is 1. The molecule has 0 radical (unpaired) electrons. The second-order valence-corrected chi connectivity index (χ2v) is 5.72. The van der Waals surface area contributed by atoms with Crippen LogP contribution in [-0.2, 0) is 16.1 Å². The van der Waals surface area contributed by atoms with Crippen molar-refractivity contribution in [3.8, 4) is 0 Å². The molecule has 0 spiro atoms. The van der Waals surface area contributed by atoms with E-state index in [1.807, 2.05) is 35.2 Å². The largest absolute Gasteiger partial charge is 0.481 e. The minimum atomic E-state index is -0.803. The number of rotatable bonds is 7. The SMILES string of the molecule is O=C(O)CCCN(Cc1ccccc1)C(=O)C1CCCC1. The zero-order valence-corrected chi connectivity index (χ0v) is 12.3. The minimum absolute atomic E-state index is 0.114. The summed E-state index contributed by atoms with van der Waals surface area (Å²) in [7, 11) is 0. The van der Waals surface area contributed by atoms with E-state index in [2.05, 4.69) is 0 Å². The molecular weight excluding hydrogens is 266 g/mol. The zero-order chi connectivity index (χ0) is 15.1. The van der Waals surface area contributed by atoms with Gasteiger partial charge in [-0.2, -0.15) is 0 Å². The Balaban J connectivity index is 1.98. The van der Waals surface area contributed by atoms with Crippen molar-refractivity contribution in [1.29, 1.82) is 0 Å². The molecule has 1 N–H and O–H groups in total. The van der Waals surface area contributed by atoms with E-state index in [0.717, 1.165) is 31.2 Å². The minimum Gasteiger partial charge on any atom is -0.481 e. The second-order valence-electron chi connectivity index (χ2n) is 5.72. The van der Waals surface area contributed by atoms with E-state index in [0.29, 0.717) is 19.5 Å². The summed E-state index contributed by atoms with van der Waals surface area (Å²) in [5.41, 5.74) is 1.10. The summed E-state index contributed by atoms with van der Waals surface area (Å²) in [5.74, 6) is -0.469. The molecule has 0 aliphatic heterocycles. The van der Waals surface area contributed by atoms with Gasteiger partial charge in [-0.05, 0) is 24.8 Å². The zero-order valence-electron chi connectivity index (χ0n) is 12.3. The number of aliphatic carboxylic acids is 1. The fraction of sp³-hybridized carbons (Fsp3) is 0.529. The topological polar surface area (TPSA) is 57.6 Å². The van der Waals surface area contributed by atoms with Crippen LogP contribution >= 0.6 is 0 Å². The number of benzene rings is 1. The van der Waals surface area contributed by atoms with Crippen LogP contribution in [0.1, 0.15) is 44.1 Å². The Hall–Kier alpha value is -1.84. The Kier molecular flexibility index (Phi) is 5.78. The molecule has 0 heterocycles. The summed E-state index contributed by atoms with van der Waals surface area (Å²) in [5, 5.41) is 8.76. The fourth-order valence-electron chi connectivity index (χ4n) is 2.92. The van der Waals surface area contributed by atoms with E-state index in [1.54, 1.807) is 0 Å². The third-order valence-electron chi connectivity index (χ3n) is 4.05. The Morgan fingerprint density at radius 3 is 2.43 bits per heavy atom. The van der Waals surface area contributed by atoms with Crippen molar-refractivity contribution in [3.05, 3.63) is 35.9 Å². The smallest absolute Gasteiger partial charge is 0.303 e. The molecule has 1 aromatic rings. The summed E-state index contributed by atoms with van der Waals surface area (Å²) in [6.07, 6.45) is 4.84. The average Bonchev–Trinajstić information content (AvgIpc) is 3.00. The summed E-state index contributed by atoms with van der Waals surface area (Å²) < 4.78 is 0. The van der Waals surface area contributed by atoms with Gasteiger partial charge in [-0.3, -0.25) is 9.59 Å². The van der Waals surface area contributed by atoms with Crippen LogP contribution in [0.2, 0.25) is 0 Å². The average molecular weight is 289 g/mol. The lowest BCUT2D eigenvalue weighted by molar-refractivity contribution is -0.139. The van der Waals surface area contributed by atoms with Crippen LogP contribution in [0.15, 0.2) is 30.3 Å². The maximum atomic E-state index is 12.6. The molecule has 0 bridgehead atoms. The number of amides is 1. The van der Waals surface area contributed by atoms with E-state index < -0.39 is 5.97 Å². The lowest BCUT2D eigenvalue weighted by Crippen LogP contribution is -2.35. The predicted octanol–water partition coefficient (Wildman–Crippen LogP) is 3.07. The van der Waals surface area contributed by atoms with Gasteiger partial charge in [0.05, 0.1) is 0 Å². The Bertz CT molecular complexity index is 466. The highest BCUT2D eigenvalue weighted by Gasteiger charge is 2.27. The molecule has 1 saturated carbocycles. The molecule has 1 fully saturated rings. The van der Waals surface area contributed by atoms with Crippen LogP contribution in [0.5, 0.6) is 0 Å². The van der Waals surface area contributed by atoms with Gasteiger partial charge < -0.3 is 10.0 Å². The van der Waals surface area contributed by atoms with Crippen LogP contribution in [0.4, 0.5) is 0 Å². The molecule has 1 aliphatic rings. The first kappa shape index (κ1) is 15.5. The number of hydrogen-bond acceptors (Lipinski definition) is 2. The highest BCUT2D eigenvalue weighted by Crippen LogP contribution is 2.27. The molecule has 114 valence electrons. The molecule has 4 nitrogen and oxygen atoms in total. The monoisotopic (exact) mass is 289 g/mol. The third-order valence-corrected chi connectivity index (χ3v) is 4.05. The summed E-state index contributed by atoms with van der Waals surface area (Å²) >= 11 is 0. The summed E-state index contributed by atoms with van der Waals surface area (Å²) in [6.45, 7) is 1.10. The lowest BCUT2D eigenvalue weighted by atomic mass is 10.1. The van der Waals surface area contributed by atoms with Crippen molar-refractivity contribution in [1.82, 2.24) is 4.90 Å². The standard InChI is InChI=1S/C17H23NO3/c19-16(20)11-6-12-18(13-14-7-2-1-3-8-14)17(21)15-9-4-5-10-15/h1-3,7-8,15H,4-6,9-13H2,(H,19,20). The number of hydrogen-bond donors (Lipinski definition) is 1. The van der Waals surface area contributed by atoms with Crippen LogP contribution in [0.3, 0.4) is 0 Å². The maximum absolute atomic E-state index is 12.6. The molecule has 1 aromatic carbocycles. The molecule has 2 rings (SSSR count). The molecule has 0 aromatic heterocycles. The number of carboxylic acids is 1. The number of carbonyl (C=O) groups is 2. The first-order valence-electron chi connectivity index (χ1n) is 7.71. The molecule has 0 atom stereocenters. The highest BCUT2D eigenvalue weighted by atomic mass is 16.4. The van der Waals surface area contributed by atoms with Gasteiger partial charge in [-0.25, -0.2) is 0 Å².